The number of hydrogen-bond acceptors (Lipinski definition) is 3. The minimum atomic E-state index is -0.0141. The summed E-state index contributed by atoms with van der Waals surface area (Å²) in [6.45, 7) is 1.36. The number of benzene rings is 1. The van der Waals surface area contributed by atoms with Gasteiger partial charge in [0.1, 0.15) is 0 Å². The second kappa shape index (κ2) is 4.10. The van der Waals surface area contributed by atoms with E-state index in [-0.39, 0.29) is 11.9 Å². The number of rotatable bonds is 1. The first-order valence-electron chi connectivity index (χ1n) is 6.13. The third-order valence-corrected chi connectivity index (χ3v) is 3.47. The van der Waals surface area contributed by atoms with Gasteiger partial charge in [0.15, 0.2) is 5.69 Å². The Hall–Kier alpha value is -1.88. The molecule has 1 saturated heterocycles. The molecule has 0 unspecified atom stereocenters. The topological polar surface area (TPSA) is 64.2 Å². The van der Waals surface area contributed by atoms with Crippen LogP contribution in [0.4, 0.5) is 0 Å². The molecule has 1 fully saturated rings. The largest absolute Gasteiger partial charge is 0.336 e. The van der Waals surface area contributed by atoms with E-state index in [2.05, 4.69) is 5.10 Å². The number of aryl methyl sites for hydroxylation is 1. The van der Waals surface area contributed by atoms with E-state index in [4.69, 9.17) is 5.73 Å². The minimum Gasteiger partial charge on any atom is -0.336 e. The molecule has 1 aliphatic heterocycles. The smallest absolute Gasteiger partial charge is 0.275 e. The van der Waals surface area contributed by atoms with Gasteiger partial charge in [-0.25, -0.2) is 0 Å². The lowest BCUT2D eigenvalue weighted by atomic mass is 10.2. The van der Waals surface area contributed by atoms with Gasteiger partial charge in [-0.05, 0) is 12.5 Å². The highest BCUT2D eigenvalue weighted by Crippen LogP contribution is 2.20. The molecule has 0 bridgehead atoms. The lowest BCUT2D eigenvalue weighted by Crippen LogP contribution is -2.32. The number of hydrogen-bond donors (Lipinski definition) is 1. The van der Waals surface area contributed by atoms with Crippen LogP contribution in [-0.2, 0) is 7.05 Å². The molecule has 1 atom stereocenters. The SMILES string of the molecule is Cn1nc(C(=O)N2CC[C@H](N)C2)c2ccccc21. The van der Waals surface area contributed by atoms with Crippen LogP contribution in [0.25, 0.3) is 10.9 Å². The molecule has 0 spiro atoms. The summed E-state index contributed by atoms with van der Waals surface area (Å²) < 4.78 is 1.75. The van der Waals surface area contributed by atoms with Crippen LogP contribution >= 0.6 is 0 Å². The Bertz CT molecular complexity index is 604. The summed E-state index contributed by atoms with van der Waals surface area (Å²) in [5, 5.41) is 5.25. The van der Waals surface area contributed by atoms with Gasteiger partial charge in [-0.2, -0.15) is 5.10 Å². The maximum atomic E-state index is 12.4. The first-order valence-corrected chi connectivity index (χ1v) is 6.13. The van der Waals surface area contributed by atoms with E-state index in [1.807, 2.05) is 31.3 Å². The average Bonchev–Trinajstić information content (AvgIpc) is 2.94. The third kappa shape index (κ3) is 1.67. The van der Waals surface area contributed by atoms with E-state index in [1.54, 1.807) is 9.58 Å². The molecule has 94 valence electrons. The number of likely N-dealkylation sites (tertiary alicyclic amines) is 1. The molecule has 1 aromatic heterocycles. The number of fused-ring (bicyclic) bond motifs is 1. The maximum absolute atomic E-state index is 12.4. The van der Waals surface area contributed by atoms with Gasteiger partial charge in [0.25, 0.3) is 5.91 Å². The monoisotopic (exact) mass is 244 g/mol. The highest BCUT2D eigenvalue weighted by molar-refractivity contribution is 6.04. The van der Waals surface area contributed by atoms with Crippen LogP contribution in [0.3, 0.4) is 0 Å². The van der Waals surface area contributed by atoms with Crippen molar-refractivity contribution in [3.05, 3.63) is 30.0 Å². The van der Waals surface area contributed by atoms with Crippen LogP contribution in [0.15, 0.2) is 24.3 Å². The Morgan fingerprint density at radius 2 is 2.22 bits per heavy atom. The summed E-state index contributed by atoms with van der Waals surface area (Å²) in [7, 11) is 1.86. The standard InChI is InChI=1S/C13H16N4O/c1-16-11-5-3-2-4-10(11)12(15-16)13(18)17-7-6-9(14)8-17/h2-5,9H,6-8,14H2,1H3/t9-/m0/s1. The molecule has 1 amide bonds. The van der Waals surface area contributed by atoms with Crippen LogP contribution in [0, 0.1) is 0 Å². The molecule has 0 radical (unpaired) electrons. The van der Waals surface area contributed by atoms with Gasteiger partial charge in [0, 0.05) is 31.6 Å². The van der Waals surface area contributed by atoms with Gasteiger partial charge < -0.3 is 10.6 Å². The van der Waals surface area contributed by atoms with Gasteiger partial charge in [-0.15, -0.1) is 0 Å². The fraction of sp³-hybridized carbons (Fsp3) is 0.385. The van der Waals surface area contributed by atoms with Crippen molar-refractivity contribution < 1.29 is 4.79 Å². The molecule has 5 heteroatoms. The summed E-state index contributed by atoms with van der Waals surface area (Å²) in [6, 6.07) is 7.88. The number of carbonyl (C=O) groups excluding carboxylic acids is 1. The number of aromatic nitrogens is 2. The molecule has 1 aliphatic rings. The second-order valence-corrected chi connectivity index (χ2v) is 4.79. The molecule has 1 aromatic carbocycles. The van der Waals surface area contributed by atoms with Crippen molar-refractivity contribution in [2.24, 2.45) is 12.8 Å². The zero-order valence-corrected chi connectivity index (χ0v) is 10.3. The summed E-state index contributed by atoms with van der Waals surface area (Å²) in [4.78, 5) is 14.2. The summed E-state index contributed by atoms with van der Waals surface area (Å²) >= 11 is 0. The fourth-order valence-electron chi connectivity index (χ4n) is 2.49. The molecular weight excluding hydrogens is 228 g/mol. The quantitative estimate of drug-likeness (QED) is 0.805. The Labute approximate surface area is 105 Å². The first kappa shape index (κ1) is 11.2. The zero-order valence-electron chi connectivity index (χ0n) is 10.3. The summed E-state index contributed by atoms with van der Waals surface area (Å²) in [6.07, 6.45) is 0.872. The lowest BCUT2D eigenvalue weighted by molar-refractivity contribution is 0.0786. The van der Waals surface area contributed by atoms with Crippen LogP contribution in [-0.4, -0.2) is 39.7 Å². The summed E-state index contributed by atoms with van der Waals surface area (Å²) in [5.74, 6) is -0.0141. The van der Waals surface area contributed by atoms with Gasteiger partial charge in [0.2, 0.25) is 0 Å². The molecule has 2 N–H and O–H groups in total. The average molecular weight is 244 g/mol. The van der Waals surface area contributed by atoms with Crippen LogP contribution in [0.5, 0.6) is 0 Å². The van der Waals surface area contributed by atoms with E-state index in [0.717, 1.165) is 23.9 Å². The third-order valence-electron chi connectivity index (χ3n) is 3.47. The van der Waals surface area contributed by atoms with Gasteiger partial charge in [-0.1, -0.05) is 18.2 Å². The maximum Gasteiger partial charge on any atom is 0.275 e. The van der Waals surface area contributed by atoms with E-state index in [9.17, 15) is 4.79 Å². The van der Waals surface area contributed by atoms with Crippen LogP contribution < -0.4 is 5.73 Å². The zero-order chi connectivity index (χ0) is 12.7. The fourth-order valence-corrected chi connectivity index (χ4v) is 2.49. The van der Waals surface area contributed by atoms with Crippen molar-refractivity contribution in [3.8, 4) is 0 Å². The number of nitrogens with two attached hydrogens (primary N) is 1. The second-order valence-electron chi connectivity index (χ2n) is 4.79. The van der Waals surface area contributed by atoms with Crippen molar-refractivity contribution in [3.63, 3.8) is 0 Å². The predicted octanol–water partition coefficient (Wildman–Crippen LogP) is 0.747. The van der Waals surface area contributed by atoms with E-state index in [0.29, 0.717) is 12.2 Å². The summed E-state index contributed by atoms with van der Waals surface area (Å²) in [5.41, 5.74) is 7.35. The Morgan fingerprint density at radius 1 is 1.44 bits per heavy atom. The van der Waals surface area contributed by atoms with Gasteiger partial charge >= 0.3 is 0 Å². The van der Waals surface area contributed by atoms with E-state index >= 15 is 0 Å². The normalized spacial score (nSPS) is 19.7. The van der Waals surface area contributed by atoms with Crippen molar-refractivity contribution in [2.45, 2.75) is 12.5 Å². The number of carbonyl (C=O) groups is 1. The van der Waals surface area contributed by atoms with Crippen molar-refractivity contribution in [2.75, 3.05) is 13.1 Å². The minimum absolute atomic E-state index is 0.0141. The van der Waals surface area contributed by atoms with Gasteiger partial charge in [-0.3, -0.25) is 9.48 Å². The molecule has 0 saturated carbocycles. The first-order chi connectivity index (χ1) is 8.66. The Morgan fingerprint density at radius 3 is 2.94 bits per heavy atom. The van der Waals surface area contributed by atoms with Crippen molar-refractivity contribution in [1.29, 1.82) is 0 Å². The van der Waals surface area contributed by atoms with Crippen LogP contribution in [0.2, 0.25) is 0 Å². The van der Waals surface area contributed by atoms with Crippen molar-refractivity contribution >= 4 is 16.8 Å². The molecule has 5 nitrogen and oxygen atoms in total. The molecular formula is C13H16N4O. The van der Waals surface area contributed by atoms with Crippen molar-refractivity contribution in [1.82, 2.24) is 14.7 Å². The molecule has 18 heavy (non-hydrogen) atoms. The lowest BCUT2D eigenvalue weighted by Gasteiger charge is -2.14. The molecule has 2 aromatic rings. The van der Waals surface area contributed by atoms with Gasteiger partial charge in [0.05, 0.1) is 5.52 Å². The highest BCUT2D eigenvalue weighted by Gasteiger charge is 2.27. The predicted molar refractivity (Wildman–Crippen MR) is 69.2 cm³/mol. The van der Waals surface area contributed by atoms with Crippen LogP contribution in [0.1, 0.15) is 16.9 Å². The molecule has 0 aliphatic carbocycles. The Balaban J connectivity index is 2.02. The molecule has 2 heterocycles. The number of amides is 1. The molecule has 3 rings (SSSR count). The number of para-hydroxylation sites is 1. The highest BCUT2D eigenvalue weighted by atomic mass is 16.2. The van der Waals surface area contributed by atoms with E-state index < -0.39 is 0 Å². The van der Waals surface area contributed by atoms with E-state index in [1.165, 1.54) is 0 Å². The number of nitrogens with zero attached hydrogens (tertiary/aromatic N) is 3. The Kier molecular flexibility index (Phi) is 2.56.